The van der Waals surface area contributed by atoms with Gasteiger partial charge < -0.3 is 5.32 Å². The van der Waals surface area contributed by atoms with E-state index in [-0.39, 0.29) is 5.91 Å². The van der Waals surface area contributed by atoms with Crippen LogP contribution in [0.4, 0.5) is 0 Å². The molecule has 2 heterocycles. The summed E-state index contributed by atoms with van der Waals surface area (Å²) in [5.74, 6) is 0.727. The van der Waals surface area contributed by atoms with E-state index in [0.717, 1.165) is 30.0 Å². The zero-order valence-electron chi connectivity index (χ0n) is 13.8. The molecule has 7 nitrogen and oxygen atoms in total. The van der Waals surface area contributed by atoms with Crippen molar-refractivity contribution in [3.05, 3.63) is 59.9 Å². The first kappa shape index (κ1) is 15.9. The summed E-state index contributed by atoms with van der Waals surface area (Å²) in [5, 5.41) is 15.0. The minimum atomic E-state index is -0.0788. The SMILES string of the molecule is CCn1cc(CCNC(=O)c2ccc(-n3cnnc3C)cc2)cn1. The Morgan fingerprint density at radius 2 is 2.04 bits per heavy atom. The number of aryl methyl sites for hydroxylation is 2. The molecule has 0 radical (unpaired) electrons. The Morgan fingerprint density at radius 3 is 2.67 bits per heavy atom. The van der Waals surface area contributed by atoms with Crippen LogP contribution in [0.15, 0.2) is 43.0 Å². The molecule has 0 atom stereocenters. The van der Waals surface area contributed by atoms with E-state index < -0.39 is 0 Å². The predicted octanol–water partition coefficient (Wildman–Crippen LogP) is 1.76. The quantitative estimate of drug-likeness (QED) is 0.749. The Hall–Kier alpha value is -2.96. The molecular weight excluding hydrogens is 304 g/mol. The van der Waals surface area contributed by atoms with Gasteiger partial charge in [0.05, 0.1) is 6.20 Å². The van der Waals surface area contributed by atoms with Gasteiger partial charge >= 0.3 is 0 Å². The van der Waals surface area contributed by atoms with Crippen LogP contribution in [-0.2, 0) is 13.0 Å². The molecule has 0 spiro atoms. The first-order valence-electron chi connectivity index (χ1n) is 7.94. The van der Waals surface area contributed by atoms with Crippen LogP contribution in [0.2, 0.25) is 0 Å². The largest absolute Gasteiger partial charge is 0.352 e. The Kier molecular flexibility index (Phi) is 4.69. The number of nitrogens with zero attached hydrogens (tertiary/aromatic N) is 5. The first-order chi connectivity index (χ1) is 11.7. The molecule has 2 aromatic heterocycles. The molecule has 0 aliphatic carbocycles. The van der Waals surface area contributed by atoms with Crippen LogP contribution in [0.25, 0.3) is 5.69 Å². The summed E-state index contributed by atoms with van der Waals surface area (Å²) in [4.78, 5) is 12.2. The molecule has 0 fully saturated rings. The van der Waals surface area contributed by atoms with Gasteiger partial charge in [0.1, 0.15) is 12.2 Å². The molecule has 3 aromatic rings. The van der Waals surface area contributed by atoms with E-state index in [9.17, 15) is 4.79 Å². The number of aromatic nitrogens is 5. The summed E-state index contributed by atoms with van der Waals surface area (Å²) in [6.07, 6.45) is 6.26. The Morgan fingerprint density at radius 1 is 1.25 bits per heavy atom. The van der Waals surface area contributed by atoms with Gasteiger partial charge in [-0.25, -0.2) is 0 Å². The lowest BCUT2D eigenvalue weighted by Gasteiger charge is -2.07. The van der Waals surface area contributed by atoms with E-state index in [1.54, 1.807) is 18.5 Å². The van der Waals surface area contributed by atoms with Crippen LogP contribution in [0.1, 0.15) is 28.7 Å². The third-order valence-electron chi connectivity index (χ3n) is 3.84. The van der Waals surface area contributed by atoms with Crippen LogP contribution in [-0.4, -0.2) is 37.0 Å². The van der Waals surface area contributed by atoms with E-state index in [4.69, 9.17) is 0 Å². The number of carbonyl (C=O) groups is 1. The van der Waals surface area contributed by atoms with E-state index in [2.05, 4.69) is 20.6 Å². The fourth-order valence-electron chi connectivity index (χ4n) is 2.45. The highest BCUT2D eigenvalue weighted by Crippen LogP contribution is 2.11. The summed E-state index contributed by atoms with van der Waals surface area (Å²) < 4.78 is 3.75. The second-order valence-corrected chi connectivity index (χ2v) is 5.51. The van der Waals surface area contributed by atoms with Gasteiger partial charge in [0.25, 0.3) is 5.91 Å². The topological polar surface area (TPSA) is 77.6 Å². The number of hydrogen-bond acceptors (Lipinski definition) is 4. The van der Waals surface area contributed by atoms with Crippen molar-refractivity contribution >= 4 is 5.91 Å². The Labute approximate surface area is 140 Å². The van der Waals surface area contributed by atoms with Gasteiger partial charge in [-0.15, -0.1) is 10.2 Å². The van der Waals surface area contributed by atoms with E-state index in [1.165, 1.54) is 0 Å². The lowest BCUT2D eigenvalue weighted by molar-refractivity contribution is 0.0954. The van der Waals surface area contributed by atoms with Crippen molar-refractivity contribution in [2.45, 2.75) is 26.8 Å². The lowest BCUT2D eigenvalue weighted by Crippen LogP contribution is -2.25. The van der Waals surface area contributed by atoms with Crippen LogP contribution in [0.5, 0.6) is 0 Å². The minimum absolute atomic E-state index is 0.0788. The molecule has 0 unspecified atom stereocenters. The van der Waals surface area contributed by atoms with Gasteiger partial charge in [0.2, 0.25) is 0 Å². The van der Waals surface area contributed by atoms with Gasteiger partial charge in [-0.05, 0) is 50.1 Å². The molecule has 1 N–H and O–H groups in total. The molecule has 0 aliphatic heterocycles. The van der Waals surface area contributed by atoms with Crippen molar-refractivity contribution in [1.29, 1.82) is 0 Å². The maximum Gasteiger partial charge on any atom is 0.251 e. The number of amides is 1. The molecule has 1 aromatic carbocycles. The second kappa shape index (κ2) is 7.08. The molecule has 0 bridgehead atoms. The molecule has 0 saturated carbocycles. The predicted molar refractivity (Wildman–Crippen MR) is 90.0 cm³/mol. The van der Waals surface area contributed by atoms with Crippen LogP contribution >= 0.6 is 0 Å². The monoisotopic (exact) mass is 324 g/mol. The zero-order chi connectivity index (χ0) is 16.9. The van der Waals surface area contributed by atoms with E-state index in [1.807, 2.05) is 47.6 Å². The molecule has 0 aliphatic rings. The highest BCUT2D eigenvalue weighted by atomic mass is 16.1. The second-order valence-electron chi connectivity index (χ2n) is 5.51. The maximum atomic E-state index is 12.2. The fraction of sp³-hybridized carbons (Fsp3) is 0.294. The minimum Gasteiger partial charge on any atom is -0.352 e. The summed E-state index contributed by atoms with van der Waals surface area (Å²) in [6.45, 7) is 5.36. The van der Waals surface area contributed by atoms with Crippen LogP contribution in [0, 0.1) is 6.92 Å². The number of hydrogen-bond donors (Lipinski definition) is 1. The summed E-state index contributed by atoms with van der Waals surface area (Å²) in [7, 11) is 0. The average Bonchev–Trinajstić information content (AvgIpc) is 3.23. The van der Waals surface area contributed by atoms with Crippen molar-refractivity contribution in [2.24, 2.45) is 0 Å². The molecule has 3 rings (SSSR count). The van der Waals surface area contributed by atoms with Gasteiger partial charge in [-0.2, -0.15) is 5.10 Å². The van der Waals surface area contributed by atoms with Crippen molar-refractivity contribution in [2.75, 3.05) is 6.54 Å². The highest BCUT2D eigenvalue weighted by Gasteiger charge is 2.07. The van der Waals surface area contributed by atoms with Crippen molar-refractivity contribution in [3.8, 4) is 5.69 Å². The molecule has 1 amide bonds. The van der Waals surface area contributed by atoms with Crippen molar-refractivity contribution in [3.63, 3.8) is 0 Å². The number of rotatable bonds is 6. The standard InChI is InChI=1S/C17H20N6O/c1-3-22-11-14(10-20-22)8-9-18-17(24)15-4-6-16(7-5-15)23-12-19-21-13(23)2/h4-7,10-12H,3,8-9H2,1-2H3,(H,18,24). The molecule has 7 heteroatoms. The zero-order valence-corrected chi connectivity index (χ0v) is 13.8. The van der Waals surface area contributed by atoms with Gasteiger partial charge in [0, 0.05) is 30.5 Å². The smallest absolute Gasteiger partial charge is 0.251 e. The van der Waals surface area contributed by atoms with Crippen LogP contribution < -0.4 is 5.32 Å². The molecular formula is C17H20N6O. The number of nitrogens with one attached hydrogen (secondary N) is 1. The van der Waals surface area contributed by atoms with E-state index in [0.29, 0.717) is 12.1 Å². The molecule has 124 valence electrons. The molecule has 24 heavy (non-hydrogen) atoms. The van der Waals surface area contributed by atoms with Gasteiger partial charge in [-0.3, -0.25) is 14.0 Å². The summed E-state index contributed by atoms with van der Waals surface area (Å²) in [5.41, 5.74) is 2.69. The lowest BCUT2D eigenvalue weighted by atomic mass is 10.2. The normalized spacial score (nSPS) is 10.8. The maximum absolute atomic E-state index is 12.2. The Balaban J connectivity index is 1.56. The van der Waals surface area contributed by atoms with Gasteiger partial charge in [0.15, 0.2) is 0 Å². The molecule has 0 saturated heterocycles. The first-order valence-corrected chi connectivity index (χ1v) is 7.94. The third-order valence-corrected chi connectivity index (χ3v) is 3.84. The number of benzene rings is 1. The van der Waals surface area contributed by atoms with Crippen molar-refractivity contribution in [1.82, 2.24) is 29.9 Å². The number of carbonyl (C=O) groups excluding carboxylic acids is 1. The fourth-order valence-corrected chi connectivity index (χ4v) is 2.45. The highest BCUT2D eigenvalue weighted by molar-refractivity contribution is 5.94. The summed E-state index contributed by atoms with van der Waals surface area (Å²) >= 11 is 0. The van der Waals surface area contributed by atoms with E-state index >= 15 is 0 Å². The summed E-state index contributed by atoms with van der Waals surface area (Å²) in [6, 6.07) is 7.38. The average molecular weight is 324 g/mol. The Bertz CT molecular complexity index is 818. The van der Waals surface area contributed by atoms with Gasteiger partial charge in [-0.1, -0.05) is 0 Å². The van der Waals surface area contributed by atoms with Crippen LogP contribution in [0.3, 0.4) is 0 Å². The van der Waals surface area contributed by atoms with Crippen molar-refractivity contribution < 1.29 is 4.79 Å². The third kappa shape index (κ3) is 3.51.